The highest BCUT2D eigenvalue weighted by Gasteiger charge is 2.54. The van der Waals surface area contributed by atoms with Crippen LogP contribution in [-0.4, -0.2) is 55.4 Å². The molecule has 0 amide bonds. The minimum atomic E-state index is -1.03. The van der Waals surface area contributed by atoms with Crippen molar-refractivity contribution in [3.05, 3.63) is 30.1 Å². The summed E-state index contributed by atoms with van der Waals surface area (Å²) >= 11 is 0. The van der Waals surface area contributed by atoms with E-state index in [9.17, 15) is 19.2 Å². The van der Waals surface area contributed by atoms with Gasteiger partial charge in [-0.25, -0.2) is 4.79 Å². The van der Waals surface area contributed by atoms with Gasteiger partial charge in [-0.1, -0.05) is 13.3 Å². The van der Waals surface area contributed by atoms with Gasteiger partial charge in [-0.15, -0.1) is 0 Å². The number of hydrogen-bond acceptors (Lipinski definition) is 9. The first-order chi connectivity index (χ1) is 14.7. The largest absolute Gasteiger partial charge is 0.463 e. The van der Waals surface area contributed by atoms with E-state index in [1.54, 1.807) is 18.3 Å². The maximum atomic E-state index is 12.3. The van der Waals surface area contributed by atoms with Crippen LogP contribution in [0.25, 0.3) is 0 Å². The molecule has 10 nitrogen and oxygen atoms in total. The van der Waals surface area contributed by atoms with E-state index >= 15 is 0 Å². The molecule has 0 saturated carbocycles. The van der Waals surface area contributed by atoms with Crippen molar-refractivity contribution in [2.24, 2.45) is 0 Å². The Bertz CT molecular complexity index is 810. The number of carbonyl (C=O) groups excluding carboxylic acids is 4. The average molecular weight is 438 g/mol. The lowest BCUT2D eigenvalue weighted by Crippen LogP contribution is -2.48. The molecule has 1 aromatic rings. The Morgan fingerprint density at radius 2 is 1.68 bits per heavy atom. The van der Waals surface area contributed by atoms with Crippen LogP contribution < -0.4 is 4.57 Å². The van der Waals surface area contributed by atoms with E-state index in [0.29, 0.717) is 6.61 Å². The summed E-state index contributed by atoms with van der Waals surface area (Å²) in [4.78, 5) is 46.9. The number of aromatic nitrogens is 1. The molecule has 1 saturated heterocycles. The second-order valence-electron chi connectivity index (χ2n) is 7.05. The molecule has 1 fully saturated rings. The first-order valence-electron chi connectivity index (χ1n) is 10.0. The lowest BCUT2D eigenvalue weighted by molar-refractivity contribution is -0.765. The molecule has 0 spiro atoms. The number of esters is 4. The third-order valence-corrected chi connectivity index (χ3v) is 4.42. The van der Waals surface area contributed by atoms with E-state index in [1.807, 2.05) is 6.92 Å². The van der Waals surface area contributed by atoms with Gasteiger partial charge in [0.1, 0.15) is 18.3 Å². The van der Waals surface area contributed by atoms with E-state index in [0.717, 1.165) is 12.8 Å². The van der Waals surface area contributed by atoms with Gasteiger partial charge in [0.15, 0.2) is 18.5 Å². The summed E-state index contributed by atoms with van der Waals surface area (Å²) in [5.41, 5.74) is 0.274. The Kier molecular flexibility index (Phi) is 8.92. The van der Waals surface area contributed by atoms with Gasteiger partial charge in [-0.05, 0) is 12.5 Å². The number of carbonyl (C=O) groups is 4. The molecule has 0 aliphatic carbocycles. The van der Waals surface area contributed by atoms with Crippen LogP contribution in [0.5, 0.6) is 0 Å². The van der Waals surface area contributed by atoms with Crippen molar-refractivity contribution in [2.75, 3.05) is 13.2 Å². The van der Waals surface area contributed by atoms with Crippen molar-refractivity contribution in [1.82, 2.24) is 0 Å². The van der Waals surface area contributed by atoms with Gasteiger partial charge in [0.25, 0.3) is 0 Å². The molecule has 1 aliphatic rings. The van der Waals surface area contributed by atoms with E-state index in [4.69, 9.17) is 23.7 Å². The highest BCUT2D eigenvalue weighted by atomic mass is 16.7. The summed E-state index contributed by atoms with van der Waals surface area (Å²) in [7, 11) is 0. The van der Waals surface area contributed by atoms with Crippen LogP contribution >= 0.6 is 0 Å². The fourth-order valence-electron chi connectivity index (χ4n) is 3.10. The SMILES string of the molecule is CCCCOC(=O)c1ccc[n+]([C@@H]2O[C@H](COC(C)=O)[C@@H](OC(C)=O)[C@H]2OC(C)=O)c1. The number of hydrogen-bond donors (Lipinski definition) is 0. The number of unbranched alkanes of at least 4 members (excludes halogenated alkanes) is 1. The van der Waals surface area contributed by atoms with Crippen LogP contribution in [0.4, 0.5) is 0 Å². The number of rotatable bonds is 9. The lowest BCUT2D eigenvalue weighted by Gasteiger charge is -2.21. The van der Waals surface area contributed by atoms with Crippen molar-refractivity contribution < 1.29 is 47.4 Å². The highest BCUT2D eigenvalue weighted by molar-refractivity contribution is 5.88. The highest BCUT2D eigenvalue weighted by Crippen LogP contribution is 2.31. The molecular weight excluding hydrogens is 410 g/mol. The third kappa shape index (κ3) is 7.02. The van der Waals surface area contributed by atoms with Crippen LogP contribution in [-0.2, 0) is 38.1 Å². The fraction of sp³-hybridized carbons (Fsp3) is 0.571. The zero-order valence-corrected chi connectivity index (χ0v) is 18.1. The van der Waals surface area contributed by atoms with E-state index < -0.39 is 48.4 Å². The van der Waals surface area contributed by atoms with Crippen LogP contribution in [0.2, 0.25) is 0 Å². The molecule has 4 atom stereocenters. The smallest absolute Gasteiger partial charge is 0.344 e. The topological polar surface area (TPSA) is 118 Å². The van der Waals surface area contributed by atoms with E-state index in [1.165, 1.54) is 31.5 Å². The molecule has 0 N–H and O–H groups in total. The molecule has 1 aliphatic heterocycles. The zero-order chi connectivity index (χ0) is 23.0. The van der Waals surface area contributed by atoms with Crippen LogP contribution in [0.1, 0.15) is 57.1 Å². The second-order valence-corrected chi connectivity index (χ2v) is 7.05. The van der Waals surface area contributed by atoms with Gasteiger partial charge in [-0.2, -0.15) is 4.57 Å². The summed E-state index contributed by atoms with van der Waals surface area (Å²) in [6.45, 7) is 5.75. The lowest BCUT2D eigenvalue weighted by atomic mass is 10.1. The minimum absolute atomic E-state index is 0.207. The molecule has 10 heteroatoms. The average Bonchev–Trinajstić information content (AvgIpc) is 3.02. The molecule has 2 rings (SSSR count). The minimum Gasteiger partial charge on any atom is -0.463 e. The zero-order valence-electron chi connectivity index (χ0n) is 18.1. The Morgan fingerprint density at radius 1 is 1.00 bits per heavy atom. The number of pyridine rings is 1. The second kappa shape index (κ2) is 11.4. The monoisotopic (exact) mass is 438 g/mol. The van der Waals surface area contributed by atoms with Crippen molar-refractivity contribution in [1.29, 1.82) is 0 Å². The normalized spacial score (nSPS) is 22.5. The van der Waals surface area contributed by atoms with Gasteiger partial charge in [-0.3, -0.25) is 14.4 Å². The van der Waals surface area contributed by atoms with Gasteiger partial charge in [0, 0.05) is 26.8 Å². The maximum absolute atomic E-state index is 12.3. The van der Waals surface area contributed by atoms with Crippen LogP contribution in [0, 0.1) is 0 Å². The standard InChI is InChI=1S/C21H28NO9/c1-5-6-10-27-21(26)16-8-7-9-22(11-16)20-19(30-15(4)25)18(29-14(3)24)17(31-20)12-28-13(2)23/h7-9,11,17-20H,5-6,10,12H2,1-4H3/q+1/t17-,18-,19-,20-/m1/s1. The van der Waals surface area contributed by atoms with Crippen molar-refractivity contribution in [3.8, 4) is 0 Å². The predicted octanol–water partition coefficient (Wildman–Crippen LogP) is 1.25. The fourth-order valence-corrected chi connectivity index (χ4v) is 3.10. The predicted molar refractivity (Wildman–Crippen MR) is 103 cm³/mol. The summed E-state index contributed by atoms with van der Waals surface area (Å²) in [5, 5.41) is 0. The van der Waals surface area contributed by atoms with Crippen LogP contribution in [0.3, 0.4) is 0 Å². The van der Waals surface area contributed by atoms with Crippen LogP contribution in [0.15, 0.2) is 24.5 Å². The third-order valence-electron chi connectivity index (χ3n) is 4.42. The van der Waals surface area contributed by atoms with Gasteiger partial charge < -0.3 is 23.7 Å². The molecule has 0 aromatic carbocycles. The van der Waals surface area contributed by atoms with E-state index in [-0.39, 0.29) is 12.2 Å². The molecule has 0 bridgehead atoms. The molecule has 31 heavy (non-hydrogen) atoms. The number of nitrogens with zero attached hydrogens (tertiary/aromatic N) is 1. The van der Waals surface area contributed by atoms with Crippen molar-refractivity contribution in [3.63, 3.8) is 0 Å². The summed E-state index contributed by atoms with van der Waals surface area (Å²) in [6, 6.07) is 3.20. The molecular formula is C21H28NO9+. The Balaban J connectivity index is 2.31. The number of ether oxygens (including phenoxy) is 5. The molecule has 2 heterocycles. The molecule has 1 aromatic heterocycles. The molecule has 0 unspecified atom stereocenters. The molecule has 170 valence electrons. The Hall–Kier alpha value is -3.01. The quantitative estimate of drug-likeness (QED) is 0.243. The Morgan fingerprint density at radius 3 is 2.29 bits per heavy atom. The summed E-state index contributed by atoms with van der Waals surface area (Å²) in [5.74, 6) is -2.27. The van der Waals surface area contributed by atoms with E-state index in [2.05, 4.69) is 0 Å². The first kappa shape index (κ1) is 24.3. The summed E-state index contributed by atoms with van der Waals surface area (Å²) in [6.07, 6.45) is 0.894. The van der Waals surface area contributed by atoms with Crippen molar-refractivity contribution in [2.45, 2.75) is 65.1 Å². The summed E-state index contributed by atoms with van der Waals surface area (Å²) < 4.78 is 28.4. The van der Waals surface area contributed by atoms with Gasteiger partial charge in [0.05, 0.1) is 6.61 Å². The van der Waals surface area contributed by atoms with Gasteiger partial charge >= 0.3 is 30.1 Å². The van der Waals surface area contributed by atoms with Gasteiger partial charge in [0.2, 0.25) is 6.10 Å². The molecule has 0 radical (unpaired) electrons. The maximum Gasteiger partial charge on any atom is 0.344 e. The van der Waals surface area contributed by atoms with Crippen molar-refractivity contribution >= 4 is 23.9 Å². The first-order valence-corrected chi connectivity index (χ1v) is 10.0. The Labute approximate surface area is 180 Å².